The topological polar surface area (TPSA) is 28.2 Å². The van der Waals surface area contributed by atoms with E-state index in [2.05, 4.69) is 94.9 Å². The summed E-state index contributed by atoms with van der Waals surface area (Å²) in [6.07, 6.45) is 4.77. The Balaban J connectivity index is 1.17. The van der Waals surface area contributed by atoms with Crippen LogP contribution in [-0.4, -0.2) is 23.0 Å². The number of pyridine rings is 1. The number of aromatic nitrogens is 1. The zero-order valence-electron chi connectivity index (χ0n) is 18.8. The van der Waals surface area contributed by atoms with Crippen LogP contribution in [0.4, 0.5) is 11.4 Å². The molecule has 3 heteroatoms. The molecule has 3 nitrogen and oxygen atoms in total. The van der Waals surface area contributed by atoms with Crippen molar-refractivity contribution in [2.45, 2.75) is 39.2 Å². The highest BCUT2D eigenvalue weighted by atomic mass is 15.1. The summed E-state index contributed by atoms with van der Waals surface area (Å²) in [5, 5.41) is 4.79. The number of aryl methyl sites for hydroxylation is 2. The summed E-state index contributed by atoms with van der Waals surface area (Å²) in [5.74, 6) is 0. The van der Waals surface area contributed by atoms with Crippen molar-refractivity contribution in [3.63, 3.8) is 0 Å². The Morgan fingerprint density at radius 3 is 2.66 bits per heavy atom. The van der Waals surface area contributed by atoms with Crippen molar-refractivity contribution in [2.75, 3.05) is 18.4 Å². The number of unbranched alkanes of at least 4 members (excludes halogenated alkanes) is 1. The van der Waals surface area contributed by atoms with Crippen LogP contribution >= 0.6 is 0 Å². The highest BCUT2D eigenvalue weighted by Crippen LogP contribution is 2.27. The molecule has 0 atom stereocenters. The molecule has 4 aromatic rings. The minimum Gasteiger partial charge on any atom is -0.355 e. The highest BCUT2D eigenvalue weighted by Gasteiger charge is 2.14. The first kappa shape index (κ1) is 20.7. The lowest BCUT2D eigenvalue weighted by molar-refractivity contribution is 0.249. The van der Waals surface area contributed by atoms with Gasteiger partial charge >= 0.3 is 0 Å². The number of benzene rings is 3. The number of anilines is 2. The first-order valence-electron chi connectivity index (χ1n) is 11.8. The van der Waals surface area contributed by atoms with Crippen molar-refractivity contribution in [1.29, 1.82) is 0 Å². The van der Waals surface area contributed by atoms with Gasteiger partial charge < -0.3 is 5.32 Å². The van der Waals surface area contributed by atoms with Gasteiger partial charge in [-0.3, -0.25) is 9.88 Å². The second-order valence-corrected chi connectivity index (χ2v) is 8.91. The molecule has 1 aromatic heterocycles. The molecule has 0 amide bonds. The molecule has 0 spiro atoms. The van der Waals surface area contributed by atoms with Crippen LogP contribution < -0.4 is 5.32 Å². The Labute approximate surface area is 191 Å². The molecule has 5 rings (SSSR count). The number of nitrogens with one attached hydrogen (secondary N) is 1. The van der Waals surface area contributed by atoms with E-state index in [4.69, 9.17) is 0 Å². The van der Waals surface area contributed by atoms with Gasteiger partial charge in [-0.2, -0.15) is 0 Å². The molecule has 162 valence electrons. The van der Waals surface area contributed by atoms with Crippen molar-refractivity contribution < 1.29 is 0 Å². The Morgan fingerprint density at radius 1 is 0.875 bits per heavy atom. The van der Waals surface area contributed by atoms with Gasteiger partial charge in [-0.15, -0.1) is 0 Å². The van der Waals surface area contributed by atoms with Gasteiger partial charge in [0.05, 0.1) is 5.52 Å². The Morgan fingerprint density at radius 2 is 1.72 bits per heavy atom. The lowest BCUT2D eigenvalue weighted by Crippen LogP contribution is -2.31. The predicted octanol–water partition coefficient (Wildman–Crippen LogP) is 6.67. The normalized spacial score (nSPS) is 13.8. The van der Waals surface area contributed by atoms with E-state index in [-0.39, 0.29) is 0 Å². The molecule has 1 aliphatic heterocycles. The average Bonchev–Trinajstić information content (AvgIpc) is 2.82. The standard InChI is InChI=1S/C29H31N3/c1-22-19-29(27-14-4-5-15-28(27)30-22)31-26-13-8-10-23(20-26)9-6-7-17-32-18-16-24-11-2-3-12-25(24)21-32/h2-5,8,10-15,19-20H,6-7,9,16-18,21H2,1H3,(H,30,31). The fourth-order valence-corrected chi connectivity index (χ4v) is 4.78. The van der Waals surface area contributed by atoms with Crippen LogP contribution in [0, 0.1) is 6.92 Å². The number of hydrogen-bond acceptors (Lipinski definition) is 3. The van der Waals surface area contributed by atoms with Crippen LogP contribution in [0.2, 0.25) is 0 Å². The molecule has 0 saturated heterocycles. The first-order chi connectivity index (χ1) is 15.7. The summed E-state index contributed by atoms with van der Waals surface area (Å²) < 4.78 is 0. The molecule has 3 aromatic carbocycles. The monoisotopic (exact) mass is 421 g/mol. The summed E-state index contributed by atoms with van der Waals surface area (Å²) in [6.45, 7) is 5.54. The second-order valence-electron chi connectivity index (χ2n) is 8.91. The SMILES string of the molecule is Cc1cc(Nc2cccc(CCCCN3CCc4ccccc4C3)c2)c2ccccc2n1. The molecule has 1 N–H and O–H groups in total. The Bertz CT molecular complexity index is 1210. The summed E-state index contributed by atoms with van der Waals surface area (Å²) >= 11 is 0. The molecule has 32 heavy (non-hydrogen) atoms. The van der Waals surface area contributed by atoms with Gasteiger partial charge in [0.25, 0.3) is 0 Å². The van der Waals surface area contributed by atoms with Crippen molar-refractivity contribution in [1.82, 2.24) is 9.88 Å². The molecular weight excluding hydrogens is 390 g/mol. The summed E-state index contributed by atoms with van der Waals surface area (Å²) in [4.78, 5) is 7.26. The summed E-state index contributed by atoms with van der Waals surface area (Å²) in [6, 6.07) is 28.2. The molecule has 0 unspecified atom stereocenters. The Kier molecular flexibility index (Phi) is 6.17. The van der Waals surface area contributed by atoms with E-state index >= 15 is 0 Å². The predicted molar refractivity (Wildman–Crippen MR) is 135 cm³/mol. The van der Waals surface area contributed by atoms with Crippen LogP contribution in [0.3, 0.4) is 0 Å². The highest BCUT2D eigenvalue weighted by molar-refractivity contribution is 5.93. The molecule has 0 aliphatic carbocycles. The quantitative estimate of drug-likeness (QED) is 0.338. The molecule has 0 radical (unpaired) electrons. The zero-order chi connectivity index (χ0) is 21.8. The Hall–Kier alpha value is -3.17. The average molecular weight is 422 g/mol. The summed E-state index contributed by atoms with van der Waals surface area (Å²) in [5.41, 5.74) is 8.77. The third-order valence-electron chi connectivity index (χ3n) is 6.45. The van der Waals surface area contributed by atoms with Crippen LogP contribution in [-0.2, 0) is 19.4 Å². The van der Waals surface area contributed by atoms with E-state index in [0.29, 0.717) is 0 Å². The van der Waals surface area contributed by atoms with Crippen LogP contribution in [0.25, 0.3) is 10.9 Å². The maximum Gasteiger partial charge on any atom is 0.0726 e. The number of rotatable bonds is 7. The minimum atomic E-state index is 1.03. The van der Waals surface area contributed by atoms with E-state index in [0.717, 1.165) is 40.9 Å². The fraction of sp³-hybridized carbons (Fsp3) is 0.276. The number of hydrogen-bond donors (Lipinski definition) is 1. The third kappa shape index (κ3) is 4.84. The van der Waals surface area contributed by atoms with Gasteiger partial charge in [0.2, 0.25) is 0 Å². The lowest BCUT2D eigenvalue weighted by atomic mass is 9.99. The maximum atomic E-state index is 4.65. The van der Waals surface area contributed by atoms with E-state index in [1.54, 1.807) is 0 Å². The van der Waals surface area contributed by atoms with Crippen LogP contribution in [0.15, 0.2) is 78.9 Å². The fourth-order valence-electron chi connectivity index (χ4n) is 4.78. The van der Waals surface area contributed by atoms with Gasteiger partial charge in [-0.05, 0) is 80.1 Å². The third-order valence-corrected chi connectivity index (χ3v) is 6.45. The van der Waals surface area contributed by atoms with E-state index in [9.17, 15) is 0 Å². The van der Waals surface area contributed by atoms with Gasteiger partial charge in [0.1, 0.15) is 0 Å². The second kappa shape index (κ2) is 9.54. The van der Waals surface area contributed by atoms with Gasteiger partial charge in [-0.1, -0.05) is 54.6 Å². The first-order valence-corrected chi connectivity index (χ1v) is 11.8. The zero-order valence-corrected chi connectivity index (χ0v) is 18.8. The molecule has 0 saturated carbocycles. The molecule has 0 bridgehead atoms. The van der Waals surface area contributed by atoms with Crippen molar-refractivity contribution >= 4 is 22.3 Å². The minimum absolute atomic E-state index is 1.03. The van der Waals surface area contributed by atoms with Crippen molar-refractivity contribution in [3.8, 4) is 0 Å². The molecular formula is C29H31N3. The van der Waals surface area contributed by atoms with E-state index < -0.39 is 0 Å². The van der Waals surface area contributed by atoms with Gasteiger partial charge in [0, 0.05) is 35.5 Å². The lowest BCUT2D eigenvalue weighted by Gasteiger charge is -2.28. The number of fused-ring (bicyclic) bond motifs is 2. The smallest absolute Gasteiger partial charge is 0.0726 e. The van der Waals surface area contributed by atoms with Crippen molar-refractivity contribution in [2.24, 2.45) is 0 Å². The van der Waals surface area contributed by atoms with Crippen molar-refractivity contribution in [3.05, 3.63) is 101 Å². The largest absolute Gasteiger partial charge is 0.355 e. The molecule has 1 aliphatic rings. The molecule has 0 fully saturated rings. The molecule has 2 heterocycles. The number of nitrogens with zero attached hydrogens (tertiary/aromatic N) is 2. The maximum absolute atomic E-state index is 4.65. The van der Waals surface area contributed by atoms with Gasteiger partial charge in [-0.25, -0.2) is 0 Å². The summed E-state index contributed by atoms with van der Waals surface area (Å²) in [7, 11) is 0. The van der Waals surface area contributed by atoms with E-state index in [1.165, 1.54) is 49.0 Å². The van der Waals surface area contributed by atoms with Crippen LogP contribution in [0.1, 0.15) is 35.2 Å². The van der Waals surface area contributed by atoms with Crippen LogP contribution in [0.5, 0.6) is 0 Å². The van der Waals surface area contributed by atoms with Gasteiger partial charge in [0.15, 0.2) is 0 Å². The van der Waals surface area contributed by atoms with E-state index in [1.807, 2.05) is 6.07 Å². The number of para-hydroxylation sites is 1.